The quantitative estimate of drug-likeness (QED) is 0.265. The van der Waals surface area contributed by atoms with E-state index in [1.165, 1.54) is 25.5 Å². The van der Waals surface area contributed by atoms with Gasteiger partial charge in [-0.1, -0.05) is 18.5 Å². The molecule has 0 spiro atoms. The monoisotopic (exact) mass is 650 g/mol. The number of nitrogens with zero attached hydrogens (tertiary/aromatic N) is 3. The number of benzene rings is 3. The molecule has 2 atom stereocenters. The maximum absolute atomic E-state index is 15.4. The number of ether oxygens (including phenoxy) is 3. The Balaban J connectivity index is 1.53. The van der Waals surface area contributed by atoms with Crippen LogP contribution in [-0.2, 0) is 26.9 Å². The Morgan fingerprint density at radius 2 is 1.93 bits per heavy atom. The maximum atomic E-state index is 15.4. The maximum Gasteiger partial charge on any atom is 0.271 e. The highest BCUT2D eigenvalue weighted by Gasteiger charge is 2.63. The van der Waals surface area contributed by atoms with Gasteiger partial charge in [-0.15, -0.1) is 0 Å². The van der Waals surface area contributed by atoms with Gasteiger partial charge in [0.15, 0.2) is 17.0 Å². The Kier molecular flexibility index (Phi) is 7.47. The molecule has 1 amide bonds. The lowest BCUT2D eigenvalue weighted by Crippen LogP contribution is -2.54. The van der Waals surface area contributed by atoms with Crippen molar-refractivity contribution in [3.8, 4) is 17.2 Å². The van der Waals surface area contributed by atoms with Gasteiger partial charge >= 0.3 is 0 Å². The van der Waals surface area contributed by atoms with Crippen LogP contribution >= 0.6 is 11.6 Å². The lowest BCUT2D eigenvalue weighted by Gasteiger charge is -2.41. The second kappa shape index (κ2) is 11.4. The van der Waals surface area contributed by atoms with Gasteiger partial charge in [0.05, 0.1) is 29.9 Å². The zero-order valence-electron chi connectivity index (χ0n) is 24.7. The van der Waals surface area contributed by atoms with E-state index in [9.17, 15) is 8.42 Å². The highest BCUT2D eigenvalue weighted by atomic mass is 35.5. The third kappa shape index (κ3) is 4.58. The molecule has 3 aliphatic heterocycles. The van der Waals surface area contributed by atoms with Crippen LogP contribution in [0.2, 0.25) is 5.02 Å². The molecule has 1 N–H and O–H groups in total. The number of carbonyl (C=O) groups excluding carboxylic acids is 1. The Morgan fingerprint density at radius 3 is 2.67 bits per heavy atom. The summed E-state index contributed by atoms with van der Waals surface area (Å²) in [5.74, 6) is 1.07. The standard InChI is InChI=1S/C32H31ClN4O7S/c1-3-34-18-20-15-25(29-28(16-20)43-19-44-29)32(36-13-4-5-27(36)30-35-12-14-42-30)24-17-21(33)6-11-26(24)37(31(32)38)45(39,40)23-9-7-22(41-2)8-10-23/h6-12,14-17,27,34H,3-5,13,18-19H2,1-2H3. The molecule has 45 heavy (non-hydrogen) atoms. The number of hydrogen-bond donors (Lipinski definition) is 1. The predicted octanol–water partition coefficient (Wildman–Crippen LogP) is 4.99. The first-order valence-electron chi connectivity index (χ1n) is 14.6. The minimum absolute atomic E-state index is 0.0449. The highest BCUT2D eigenvalue weighted by Crippen LogP contribution is 2.58. The summed E-state index contributed by atoms with van der Waals surface area (Å²) in [5.41, 5.74) is 0.215. The predicted molar refractivity (Wildman–Crippen MR) is 165 cm³/mol. The molecule has 3 aromatic carbocycles. The van der Waals surface area contributed by atoms with Gasteiger partial charge in [0.2, 0.25) is 12.7 Å². The number of amides is 1. The van der Waals surface area contributed by atoms with Crippen molar-refractivity contribution in [2.45, 2.75) is 42.8 Å². The van der Waals surface area contributed by atoms with E-state index < -0.39 is 27.5 Å². The Bertz CT molecular complexity index is 1870. The smallest absolute Gasteiger partial charge is 0.271 e. The molecule has 3 aliphatic rings. The van der Waals surface area contributed by atoms with E-state index in [2.05, 4.69) is 10.3 Å². The molecule has 2 unspecified atom stereocenters. The first-order chi connectivity index (χ1) is 21.8. The van der Waals surface area contributed by atoms with Crippen LogP contribution in [0.15, 0.2) is 76.4 Å². The molecule has 1 saturated heterocycles. The van der Waals surface area contributed by atoms with Gasteiger partial charge < -0.3 is 23.9 Å². The minimum Gasteiger partial charge on any atom is -0.497 e. The summed E-state index contributed by atoms with van der Waals surface area (Å²) in [6.45, 7) is 3.61. The van der Waals surface area contributed by atoms with E-state index in [1.54, 1.807) is 36.5 Å². The Hall–Kier alpha value is -4.10. The van der Waals surface area contributed by atoms with E-state index in [1.807, 2.05) is 24.0 Å². The number of halogens is 1. The number of nitrogens with one attached hydrogen (secondary N) is 1. The minimum atomic E-state index is -4.42. The number of fused-ring (bicyclic) bond motifs is 2. The fraction of sp³-hybridized carbons (Fsp3) is 0.312. The van der Waals surface area contributed by atoms with Gasteiger partial charge in [-0.3, -0.25) is 9.69 Å². The van der Waals surface area contributed by atoms with Crippen molar-refractivity contribution in [2.75, 3.05) is 31.3 Å². The van der Waals surface area contributed by atoms with Gasteiger partial charge in [-0.25, -0.2) is 17.7 Å². The van der Waals surface area contributed by atoms with Crippen molar-refractivity contribution in [3.05, 3.63) is 94.7 Å². The van der Waals surface area contributed by atoms with Crippen LogP contribution in [0.4, 0.5) is 5.69 Å². The fourth-order valence-corrected chi connectivity index (χ4v) is 8.29. The first-order valence-corrected chi connectivity index (χ1v) is 16.5. The summed E-state index contributed by atoms with van der Waals surface area (Å²) in [6, 6.07) is 14.1. The molecule has 0 bridgehead atoms. The SMILES string of the molecule is CCNCc1cc2c(c(C3(N4CCCC4c4ncco4)C(=O)N(S(=O)(=O)c4ccc(OC)cc4)c4ccc(Cl)cc43)c1)OCO2. The number of methoxy groups -OCH3 is 1. The molecule has 4 heterocycles. The lowest BCUT2D eigenvalue weighted by molar-refractivity contribution is -0.127. The van der Waals surface area contributed by atoms with Crippen LogP contribution in [0.5, 0.6) is 17.2 Å². The molecule has 11 nitrogen and oxygen atoms in total. The van der Waals surface area contributed by atoms with E-state index >= 15 is 4.79 Å². The molecular weight excluding hydrogens is 620 g/mol. The highest BCUT2D eigenvalue weighted by molar-refractivity contribution is 7.93. The number of sulfonamides is 1. The van der Waals surface area contributed by atoms with Gasteiger partial charge in [0.25, 0.3) is 15.9 Å². The van der Waals surface area contributed by atoms with Crippen molar-refractivity contribution < 1.29 is 31.8 Å². The number of anilines is 1. The zero-order chi connectivity index (χ0) is 31.3. The average molecular weight is 651 g/mol. The fourth-order valence-electron chi connectivity index (χ4n) is 6.66. The van der Waals surface area contributed by atoms with Crippen LogP contribution in [0.1, 0.15) is 48.4 Å². The zero-order valence-corrected chi connectivity index (χ0v) is 26.2. The van der Waals surface area contributed by atoms with Gasteiger partial charge in [-0.2, -0.15) is 0 Å². The lowest BCUT2D eigenvalue weighted by atomic mass is 9.80. The van der Waals surface area contributed by atoms with E-state index in [0.29, 0.717) is 65.2 Å². The summed E-state index contributed by atoms with van der Waals surface area (Å²) in [7, 11) is -2.93. The van der Waals surface area contributed by atoms with E-state index in [0.717, 1.165) is 16.4 Å². The molecule has 0 radical (unpaired) electrons. The van der Waals surface area contributed by atoms with E-state index in [-0.39, 0.29) is 17.4 Å². The first kappa shape index (κ1) is 29.6. The Morgan fingerprint density at radius 1 is 1.11 bits per heavy atom. The van der Waals surface area contributed by atoms with Crippen molar-refractivity contribution in [1.82, 2.24) is 15.2 Å². The number of rotatable bonds is 9. The summed E-state index contributed by atoms with van der Waals surface area (Å²) in [4.78, 5) is 21.8. The summed E-state index contributed by atoms with van der Waals surface area (Å²) < 4.78 is 52.9. The summed E-state index contributed by atoms with van der Waals surface area (Å²) in [6.07, 6.45) is 4.39. The van der Waals surface area contributed by atoms with Crippen molar-refractivity contribution in [3.63, 3.8) is 0 Å². The van der Waals surface area contributed by atoms with Crippen molar-refractivity contribution in [2.24, 2.45) is 0 Å². The second-order valence-corrected chi connectivity index (χ2v) is 13.2. The molecule has 0 saturated carbocycles. The third-order valence-electron chi connectivity index (χ3n) is 8.58. The number of hydrogen-bond acceptors (Lipinski definition) is 10. The largest absolute Gasteiger partial charge is 0.497 e. The molecule has 234 valence electrons. The number of carbonyl (C=O) groups is 1. The molecule has 1 aromatic heterocycles. The average Bonchev–Trinajstić information content (AvgIpc) is 3.86. The summed E-state index contributed by atoms with van der Waals surface area (Å²) >= 11 is 6.65. The van der Waals surface area contributed by atoms with E-state index in [4.69, 9.17) is 30.2 Å². The molecule has 4 aromatic rings. The van der Waals surface area contributed by atoms with Crippen LogP contribution in [-0.4, -0.2) is 51.2 Å². The normalized spacial score (nSPS) is 21.0. The van der Waals surface area contributed by atoms with Gasteiger partial charge in [0, 0.05) is 29.2 Å². The third-order valence-corrected chi connectivity index (χ3v) is 10.5. The number of aromatic nitrogens is 1. The van der Waals surface area contributed by atoms with Gasteiger partial charge in [0.1, 0.15) is 12.0 Å². The molecule has 0 aliphatic carbocycles. The number of likely N-dealkylation sites (tertiary alicyclic amines) is 1. The number of oxazole rings is 1. The van der Waals surface area contributed by atoms with Crippen LogP contribution < -0.4 is 23.8 Å². The summed E-state index contributed by atoms with van der Waals surface area (Å²) in [5, 5.41) is 3.68. The van der Waals surface area contributed by atoms with Crippen molar-refractivity contribution >= 4 is 33.2 Å². The van der Waals surface area contributed by atoms with Crippen LogP contribution in [0, 0.1) is 0 Å². The molecule has 1 fully saturated rings. The second-order valence-electron chi connectivity index (χ2n) is 11.0. The van der Waals surface area contributed by atoms with Gasteiger partial charge in [-0.05, 0) is 79.5 Å². The molecular formula is C32H31ClN4O7S. The topological polar surface area (TPSA) is 123 Å². The Labute approximate surface area is 265 Å². The van der Waals surface area contributed by atoms with Crippen LogP contribution in [0.25, 0.3) is 0 Å². The molecule has 7 rings (SSSR count). The van der Waals surface area contributed by atoms with Crippen molar-refractivity contribution in [1.29, 1.82) is 0 Å². The van der Waals surface area contributed by atoms with Crippen LogP contribution in [0.3, 0.4) is 0 Å². The molecule has 13 heteroatoms.